The lowest BCUT2D eigenvalue weighted by atomic mass is 9.94. The van der Waals surface area contributed by atoms with E-state index in [2.05, 4.69) is 4.99 Å². The van der Waals surface area contributed by atoms with E-state index in [1.807, 2.05) is 30.3 Å². The molecule has 0 aromatic heterocycles. The Bertz CT molecular complexity index is 962. The van der Waals surface area contributed by atoms with Crippen LogP contribution < -0.4 is 0 Å². The molecule has 0 heterocycles. The molecule has 0 bridgehead atoms. The van der Waals surface area contributed by atoms with Gasteiger partial charge in [-0.1, -0.05) is 48.5 Å². The van der Waals surface area contributed by atoms with E-state index in [9.17, 15) is 19.8 Å². The first-order valence-corrected chi connectivity index (χ1v) is 7.85. The molecule has 0 fully saturated rings. The van der Waals surface area contributed by atoms with Gasteiger partial charge in [-0.25, -0.2) is 9.59 Å². The fourth-order valence-electron chi connectivity index (χ4n) is 2.65. The summed E-state index contributed by atoms with van der Waals surface area (Å²) in [6.45, 7) is 0. The number of aromatic carboxylic acids is 2. The van der Waals surface area contributed by atoms with E-state index in [0.29, 0.717) is 11.3 Å². The number of rotatable bonds is 5. The molecule has 128 valence electrons. The largest absolute Gasteiger partial charge is 0.478 e. The van der Waals surface area contributed by atoms with E-state index in [1.54, 1.807) is 30.5 Å². The second-order valence-corrected chi connectivity index (χ2v) is 5.56. The van der Waals surface area contributed by atoms with Crippen LogP contribution in [0.25, 0.3) is 11.1 Å². The topological polar surface area (TPSA) is 87.0 Å². The summed E-state index contributed by atoms with van der Waals surface area (Å²) in [4.78, 5) is 27.5. The molecule has 0 saturated carbocycles. The molecular weight excluding hydrogens is 330 g/mol. The monoisotopic (exact) mass is 345 g/mol. The van der Waals surface area contributed by atoms with Crippen LogP contribution in [-0.4, -0.2) is 28.4 Å². The van der Waals surface area contributed by atoms with Crippen LogP contribution in [0.4, 0.5) is 5.69 Å². The van der Waals surface area contributed by atoms with Gasteiger partial charge in [0, 0.05) is 11.8 Å². The SMILES string of the molecule is O=C(O)c1cccc(C(=O)O)c1-c1cccc(/N=C/c2ccccc2)c1. The van der Waals surface area contributed by atoms with Gasteiger partial charge in [0.25, 0.3) is 0 Å². The predicted molar refractivity (Wildman–Crippen MR) is 99.5 cm³/mol. The standard InChI is InChI=1S/C21H15NO4/c23-20(24)17-10-5-11-18(21(25)26)19(17)15-8-4-9-16(12-15)22-13-14-6-2-1-3-7-14/h1-13H,(H,23,24)(H,25,26)/b22-13+. The summed E-state index contributed by atoms with van der Waals surface area (Å²) in [7, 11) is 0. The Morgan fingerprint density at radius 2 is 1.38 bits per heavy atom. The zero-order valence-electron chi connectivity index (χ0n) is 13.7. The lowest BCUT2D eigenvalue weighted by Crippen LogP contribution is -2.06. The van der Waals surface area contributed by atoms with Crippen molar-refractivity contribution < 1.29 is 19.8 Å². The minimum atomic E-state index is -1.18. The summed E-state index contributed by atoms with van der Waals surface area (Å²) in [6, 6.07) is 20.6. The highest BCUT2D eigenvalue weighted by Crippen LogP contribution is 2.30. The number of hydrogen-bond acceptors (Lipinski definition) is 3. The average molecular weight is 345 g/mol. The lowest BCUT2D eigenvalue weighted by molar-refractivity contribution is 0.0696. The zero-order chi connectivity index (χ0) is 18.5. The van der Waals surface area contributed by atoms with Crippen LogP contribution in [0, 0.1) is 0 Å². The molecule has 3 aromatic rings. The molecule has 0 unspecified atom stereocenters. The molecule has 2 N–H and O–H groups in total. The minimum Gasteiger partial charge on any atom is -0.478 e. The fourth-order valence-corrected chi connectivity index (χ4v) is 2.65. The summed E-state index contributed by atoms with van der Waals surface area (Å²) < 4.78 is 0. The van der Waals surface area contributed by atoms with Gasteiger partial charge in [0.1, 0.15) is 0 Å². The molecule has 3 rings (SSSR count). The number of nitrogens with zero attached hydrogens (tertiary/aromatic N) is 1. The van der Waals surface area contributed by atoms with Crippen LogP contribution >= 0.6 is 0 Å². The first-order valence-electron chi connectivity index (χ1n) is 7.85. The lowest BCUT2D eigenvalue weighted by Gasteiger charge is -2.10. The Morgan fingerprint density at radius 3 is 2.00 bits per heavy atom. The highest BCUT2D eigenvalue weighted by atomic mass is 16.4. The Hall–Kier alpha value is -3.73. The molecule has 0 aliphatic heterocycles. The van der Waals surface area contributed by atoms with Crippen LogP contribution in [0.1, 0.15) is 26.3 Å². The average Bonchev–Trinajstić information content (AvgIpc) is 2.66. The van der Waals surface area contributed by atoms with Crippen molar-refractivity contribution in [1.29, 1.82) is 0 Å². The van der Waals surface area contributed by atoms with E-state index in [1.165, 1.54) is 18.2 Å². The third-order valence-electron chi connectivity index (χ3n) is 3.82. The summed E-state index contributed by atoms with van der Waals surface area (Å²) in [6.07, 6.45) is 1.69. The van der Waals surface area contributed by atoms with Crippen LogP contribution in [0.3, 0.4) is 0 Å². The van der Waals surface area contributed by atoms with Crippen molar-refractivity contribution in [2.24, 2.45) is 4.99 Å². The Kier molecular flexibility index (Phi) is 4.90. The molecule has 0 aliphatic carbocycles. The predicted octanol–water partition coefficient (Wildman–Crippen LogP) is 4.50. The Balaban J connectivity index is 2.07. The van der Waals surface area contributed by atoms with Gasteiger partial charge in [-0.05, 0) is 35.4 Å². The second kappa shape index (κ2) is 7.44. The number of aliphatic imine (C=N–C) groups is 1. The van der Waals surface area contributed by atoms with E-state index in [0.717, 1.165) is 5.56 Å². The fraction of sp³-hybridized carbons (Fsp3) is 0. The molecule has 0 amide bonds. The van der Waals surface area contributed by atoms with Gasteiger partial charge in [-0.2, -0.15) is 0 Å². The van der Waals surface area contributed by atoms with Gasteiger partial charge >= 0.3 is 11.9 Å². The zero-order valence-corrected chi connectivity index (χ0v) is 13.7. The summed E-state index contributed by atoms with van der Waals surface area (Å²) in [5.41, 5.74) is 2.06. The van der Waals surface area contributed by atoms with Gasteiger partial charge in [0.15, 0.2) is 0 Å². The molecule has 0 aliphatic rings. The first kappa shape index (κ1) is 17.1. The van der Waals surface area contributed by atoms with Crippen molar-refractivity contribution in [3.8, 4) is 11.1 Å². The van der Waals surface area contributed by atoms with Crippen LogP contribution in [-0.2, 0) is 0 Å². The molecule has 0 saturated heterocycles. The smallest absolute Gasteiger partial charge is 0.336 e. The molecule has 5 nitrogen and oxygen atoms in total. The normalized spacial score (nSPS) is 10.8. The molecule has 0 atom stereocenters. The maximum Gasteiger partial charge on any atom is 0.336 e. The van der Waals surface area contributed by atoms with Crippen molar-refractivity contribution in [2.75, 3.05) is 0 Å². The summed E-state index contributed by atoms with van der Waals surface area (Å²) in [5, 5.41) is 18.9. The highest BCUT2D eigenvalue weighted by molar-refractivity contribution is 6.05. The molecule has 0 radical (unpaired) electrons. The van der Waals surface area contributed by atoms with Gasteiger partial charge in [-0.3, -0.25) is 4.99 Å². The van der Waals surface area contributed by atoms with E-state index < -0.39 is 11.9 Å². The quantitative estimate of drug-likeness (QED) is 0.667. The molecule has 26 heavy (non-hydrogen) atoms. The maximum atomic E-state index is 11.5. The van der Waals surface area contributed by atoms with Gasteiger partial charge in [0.05, 0.1) is 16.8 Å². The van der Waals surface area contributed by atoms with Crippen molar-refractivity contribution >= 4 is 23.8 Å². The number of carbonyl (C=O) groups is 2. The van der Waals surface area contributed by atoms with E-state index in [4.69, 9.17) is 0 Å². The Labute approximate surface area is 149 Å². The van der Waals surface area contributed by atoms with Crippen LogP contribution in [0.5, 0.6) is 0 Å². The summed E-state index contributed by atoms with van der Waals surface area (Å²) >= 11 is 0. The minimum absolute atomic E-state index is 0.0610. The Morgan fingerprint density at radius 1 is 0.769 bits per heavy atom. The second-order valence-electron chi connectivity index (χ2n) is 5.56. The van der Waals surface area contributed by atoms with E-state index >= 15 is 0 Å². The molecule has 5 heteroatoms. The van der Waals surface area contributed by atoms with Gasteiger partial charge in [-0.15, -0.1) is 0 Å². The number of carboxylic acids is 2. The molecular formula is C21H15NO4. The van der Waals surface area contributed by atoms with Crippen LogP contribution in [0.15, 0.2) is 77.8 Å². The van der Waals surface area contributed by atoms with Gasteiger partial charge in [0.2, 0.25) is 0 Å². The van der Waals surface area contributed by atoms with Crippen molar-refractivity contribution in [3.63, 3.8) is 0 Å². The maximum absolute atomic E-state index is 11.5. The molecule has 0 spiro atoms. The highest BCUT2D eigenvalue weighted by Gasteiger charge is 2.19. The number of benzene rings is 3. The summed E-state index contributed by atoms with van der Waals surface area (Å²) in [5.74, 6) is -2.36. The van der Waals surface area contributed by atoms with Crippen molar-refractivity contribution in [1.82, 2.24) is 0 Å². The third-order valence-corrected chi connectivity index (χ3v) is 3.82. The van der Waals surface area contributed by atoms with Crippen molar-refractivity contribution in [2.45, 2.75) is 0 Å². The molecule has 3 aromatic carbocycles. The van der Waals surface area contributed by atoms with Crippen molar-refractivity contribution in [3.05, 3.63) is 89.5 Å². The third kappa shape index (κ3) is 3.67. The van der Waals surface area contributed by atoms with Crippen LogP contribution in [0.2, 0.25) is 0 Å². The number of carboxylic acid groups (broad SMARTS) is 2. The van der Waals surface area contributed by atoms with E-state index in [-0.39, 0.29) is 16.7 Å². The number of hydrogen-bond donors (Lipinski definition) is 2. The first-order chi connectivity index (χ1) is 12.6. The van der Waals surface area contributed by atoms with Gasteiger partial charge < -0.3 is 10.2 Å².